The molecule has 0 atom stereocenters. The molecule has 0 heterocycles. The first-order chi connectivity index (χ1) is 4.61. The molecule has 54 valence electrons. The molecule has 1 rings (SSSR count). The van der Waals surface area contributed by atoms with Crippen molar-refractivity contribution in [2.45, 2.75) is 4.90 Å². The second kappa shape index (κ2) is 3.40. The van der Waals surface area contributed by atoms with Crippen molar-refractivity contribution in [3.8, 4) is 0 Å². The first kappa shape index (κ1) is 8.80. The molecule has 0 radical (unpaired) electrons. The van der Waals surface area contributed by atoms with E-state index in [9.17, 15) is 4.39 Å². The quantitative estimate of drug-likeness (QED) is 0.420. The lowest BCUT2D eigenvalue weighted by Gasteiger charge is -1.98. The first-order valence-electron chi connectivity index (χ1n) is 2.45. The van der Waals surface area contributed by atoms with Gasteiger partial charge in [-0.15, -0.1) is 12.6 Å². The monoisotopic (exact) mass is 332 g/mol. The molecule has 10 heavy (non-hydrogen) atoms. The van der Waals surface area contributed by atoms with Gasteiger partial charge in [0.1, 0.15) is 5.82 Å². The molecule has 0 bridgehead atoms. The third kappa shape index (κ3) is 1.85. The van der Waals surface area contributed by atoms with Crippen molar-refractivity contribution in [3.05, 3.63) is 26.0 Å². The van der Waals surface area contributed by atoms with E-state index in [1.807, 2.05) is 22.6 Å². The average Bonchev–Trinajstić information content (AvgIpc) is 1.82. The Bertz CT molecular complexity index is 241. The maximum absolute atomic E-state index is 12.8. The van der Waals surface area contributed by atoms with Crippen LogP contribution >= 0.6 is 51.1 Å². The largest absolute Gasteiger partial charge is 0.206 e. The van der Waals surface area contributed by atoms with Crippen molar-refractivity contribution in [1.29, 1.82) is 0 Å². The molecule has 1 aromatic carbocycles. The molecule has 0 aromatic heterocycles. The molecule has 0 saturated heterocycles. The normalized spacial score (nSPS) is 10.0. The summed E-state index contributed by atoms with van der Waals surface area (Å²) < 4.78 is 14.0. The zero-order valence-electron chi connectivity index (χ0n) is 4.74. The number of halogens is 3. The van der Waals surface area contributed by atoms with Crippen molar-refractivity contribution < 1.29 is 4.39 Å². The fourth-order valence-corrected chi connectivity index (χ4v) is 1.71. The van der Waals surface area contributed by atoms with Crippen LogP contribution in [0.2, 0.25) is 0 Å². The van der Waals surface area contributed by atoms with E-state index in [-0.39, 0.29) is 5.82 Å². The molecule has 0 nitrogen and oxygen atoms in total. The van der Waals surface area contributed by atoms with Crippen molar-refractivity contribution in [2.75, 3.05) is 0 Å². The van der Waals surface area contributed by atoms with E-state index >= 15 is 0 Å². The van der Waals surface area contributed by atoms with Crippen LogP contribution in [0.1, 0.15) is 0 Å². The summed E-state index contributed by atoms with van der Waals surface area (Å²) >= 11 is 9.13. The van der Waals surface area contributed by atoms with Crippen LogP contribution in [0.4, 0.5) is 4.39 Å². The van der Waals surface area contributed by atoms with Crippen LogP contribution in [0, 0.1) is 9.39 Å². The van der Waals surface area contributed by atoms with E-state index in [0.717, 1.165) is 4.47 Å². The highest BCUT2D eigenvalue weighted by atomic mass is 127. The van der Waals surface area contributed by atoms with Gasteiger partial charge in [-0.1, -0.05) is 15.9 Å². The van der Waals surface area contributed by atoms with E-state index < -0.39 is 0 Å². The fraction of sp³-hybridized carbons (Fsp3) is 0. The number of thiol groups is 1. The van der Waals surface area contributed by atoms with Gasteiger partial charge in [-0.3, -0.25) is 0 Å². The SMILES string of the molecule is Fc1cc(Br)cc(S)c1I. The molecular formula is C6H3BrFIS. The molecule has 0 amide bonds. The molecule has 0 saturated carbocycles. The summed E-state index contributed by atoms with van der Waals surface area (Å²) in [6, 6.07) is 3.18. The average molecular weight is 333 g/mol. The Morgan fingerprint density at radius 1 is 1.50 bits per heavy atom. The summed E-state index contributed by atoms with van der Waals surface area (Å²) in [5.74, 6) is -0.236. The van der Waals surface area contributed by atoms with Gasteiger partial charge in [0.15, 0.2) is 0 Å². The van der Waals surface area contributed by atoms with Crippen molar-refractivity contribution in [1.82, 2.24) is 0 Å². The standard InChI is InChI=1S/C6H3BrFIS/c7-3-1-4(8)6(9)5(10)2-3/h1-2,10H. The van der Waals surface area contributed by atoms with E-state index in [2.05, 4.69) is 28.6 Å². The Morgan fingerprint density at radius 2 is 2.10 bits per heavy atom. The van der Waals surface area contributed by atoms with E-state index in [4.69, 9.17) is 0 Å². The molecule has 0 spiro atoms. The summed E-state index contributed by atoms with van der Waals surface area (Å²) in [4.78, 5) is 0.660. The first-order valence-corrected chi connectivity index (χ1v) is 4.76. The van der Waals surface area contributed by atoms with Crippen LogP contribution in [-0.4, -0.2) is 0 Å². The van der Waals surface area contributed by atoms with Crippen LogP contribution in [0.3, 0.4) is 0 Å². The van der Waals surface area contributed by atoms with Crippen LogP contribution < -0.4 is 0 Å². The lowest BCUT2D eigenvalue weighted by atomic mass is 10.3. The van der Waals surface area contributed by atoms with Crippen molar-refractivity contribution >= 4 is 51.1 Å². The molecule has 0 N–H and O–H groups in total. The minimum Gasteiger partial charge on any atom is -0.206 e. The Balaban J connectivity index is 3.31. The minimum atomic E-state index is -0.236. The van der Waals surface area contributed by atoms with E-state index in [0.29, 0.717) is 8.47 Å². The molecule has 1 aromatic rings. The molecule has 0 unspecified atom stereocenters. The van der Waals surface area contributed by atoms with Gasteiger partial charge in [0.25, 0.3) is 0 Å². The fourth-order valence-electron chi connectivity index (χ4n) is 0.542. The van der Waals surface area contributed by atoms with Gasteiger partial charge >= 0.3 is 0 Å². The Hall–Kier alpha value is 0.710. The van der Waals surface area contributed by atoms with Gasteiger partial charge in [-0.25, -0.2) is 4.39 Å². The zero-order valence-corrected chi connectivity index (χ0v) is 9.37. The topological polar surface area (TPSA) is 0 Å². The van der Waals surface area contributed by atoms with Crippen LogP contribution in [-0.2, 0) is 0 Å². The maximum Gasteiger partial charge on any atom is 0.138 e. The minimum absolute atomic E-state index is 0.236. The second-order valence-electron chi connectivity index (χ2n) is 1.72. The summed E-state index contributed by atoms with van der Waals surface area (Å²) in [5, 5.41) is 0. The van der Waals surface area contributed by atoms with E-state index in [1.54, 1.807) is 6.07 Å². The summed E-state index contributed by atoms with van der Waals surface area (Å²) in [6.07, 6.45) is 0. The predicted molar refractivity (Wildman–Crippen MR) is 54.1 cm³/mol. The molecular weight excluding hydrogens is 330 g/mol. The van der Waals surface area contributed by atoms with Crippen molar-refractivity contribution in [3.63, 3.8) is 0 Å². The number of rotatable bonds is 0. The Kier molecular flexibility index (Phi) is 3.00. The summed E-state index contributed by atoms with van der Waals surface area (Å²) in [6.45, 7) is 0. The third-order valence-corrected chi connectivity index (χ3v) is 3.31. The maximum atomic E-state index is 12.8. The number of benzene rings is 1. The van der Waals surface area contributed by atoms with Crippen LogP contribution in [0.15, 0.2) is 21.5 Å². The van der Waals surface area contributed by atoms with Gasteiger partial charge in [0.05, 0.1) is 3.57 Å². The van der Waals surface area contributed by atoms with Gasteiger partial charge in [-0.2, -0.15) is 0 Å². The highest BCUT2D eigenvalue weighted by Gasteiger charge is 2.02. The van der Waals surface area contributed by atoms with Crippen molar-refractivity contribution in [2.24, 2.45) is 0 Å². The lowest BCUT2D eigenvalue weighted by Crippen LogP contribution is -1.82. The molecule has 0 aliphatic carbocycles. The number of hydrogen-bond donors (Lipinski definition) is 1. The van der Waals surface area contributed by atoms with Gasteiger partial charge < -0.3 is 0 Å². The Morgan fingerprint density at radius 3 is 2.60 bits per heavy atom. The smallest absolute Gasteiger partial charge is 0.138 e. The Labute approximate surface area is 85.9 Å². The third-order valence-electron chi connectivity index (χ3n) is 0.974. The summed E-state index contributed by atoms with van der Waals surface area (Å²) in [7, 11) is 0. The summed E-state index contributed by atoms with van der Waals surface area (Å²) in [5.41, 5.74) is 0. The lowest BCUT2D eigenvalue weighted by molar-refractivity contribution is 0.615. The second-order valence-corrected chi connectivity index (χ2v) is 4.20. The van der Waals surface area contributed by atoms with Gasteiger partial charge in [0, 0.05) is 9.37 Å². The predicted octanol–water partition coefficient (Wildman–Crippen LogP) is 3.48. The highest BCUT2D eigenvalue weighted by molar-refractivity contribution is 14.1. The highest BCUT2D eigenvalue weighted by Crippen LogP contribution is 2.24. The molecule has 4 heteroatoms. The molecule has 0 fully saturated rings. The van der Waals surface area contributed by atoms with Gasteiger partial charge in [-0.05, 0) is 34.7 Å². The molecule has 0 aliphatic heterocycles. The van der Waals surface area contributed by atoms with Crippen LogP contribution in [0.5, 0.6) is 0 Å². The van der Waals surface area contributed by atoms with Gasteiger partial charge in [0.2, 0.25) is 0 Å². The van der Waals surface area contributed by atoms with E-state index in [1.165, 1.54) is 6.07 Å². The van der Waals surface area contributed by atoms with Crippen LogP contribution in [0.25, 0.3) is 0 Å². The molecule has 0 aliphatic rings. The zero-order chi connectivity index (χ0) is 7.72. The number of hydrogen-bond acceptors (Lipinski definition) is 1.